The lowest BCUT2D eigenvalue weighted by atomic mass is 10.3. The van der Waals surface area contributed by atoms with Crippen molar-refractivity contribution in [1.29, 1.82) is 0 Å². The maximum atomic E-state index is 12.9. The Morgan fingerprint density at radius 3 is 3.06 bits per heavy atom. The lowest BCUT2D eigenvalue weighted by molar-refractivity contribution is 0.421. The first-order valence-corrected chi connectivity index (χ1v) is 4.87. The lowest BCUT2D eigenvalue weighted by Crippen LogP contribution is -2.10. The summed E-state index contributed by atoms with van der Waals surface area (Å²) in [5, 5.41) is 6.76. The van der Waals surface area contributed by atoms with E-state index in [-0.39, 0.29) is 5.89 Å². The zero-order chi connectivity index (χ0) is 11.4. The number of halogens is 1. The topological polar surface area (TPSA) is 63.8 Å². The molecule has 0 saturated carbocycles. The van der Waals surface area contributed by atoms with Crippen LogP contribution in [-0.4, -0.2) is 28.7 Å². The zero-order valence-electron chi connectivity index (χ0n) is 8.77. The molecule has 0 aliphatic carbocycles. The van der Waals surface area contributed by atoms with Gasteiger partial charge in [0.15, 0.2) is 5.82 Å². The van der Waals surface area contributed by atoms with Gasteiger partial charge in [-0.3, -0.25) is 4.98 Å². The molecule has 0 spiro atoms. The van der Waals surface area contributed by atoms with E-state index in [1.165, 1.54) is 12.3 Å². The quantitative estimate of drug-likeness (QED) is 0.837. The van der Waals surface area contributed by atoms with E-state index in [1.807, 2.05) is 7.05 Å². The largest absolute Gasteiger partial charge is 0.334 e. The number of pyridine rings is 1. The van der Waals surface area contributed by atoms with Gasteiger partial charge in [-0.05, 0) is 13.1 Å². The third-order valence-corrected chi connectivity index (χ3v) is 2.02. The summed E-state index contributed by atoms with van der Waals surface area (Å²) in [5.74, 6) is 0.458. The third-order valence-electron chi connectivity index (χ3n) is 2.02. The molecule has 0 amide bonds. The van der Waals surface area contributed by atoms with E-state index < -0.39 is 5.82 Å². The summed E-state index contributed by atoms with van der Waals surface area (Å²) in [6, 6.07) is 1.31. The van der Waals surface area contributed by atoms with Crippen LogP contribution in [0.5, 0.6) is 0 Å². The summed E-state index contributed by atoms with van der Waals surface area (Å²) in [5.41, 5.74) is 0.489. The molecule has 0 aromatic carbocycles. The Bertz CT molecular complexity index is 471. The van der Waals surface area contributed by atoms with Crippen molar-refractivity contribution in [2.45, 2.75) is 6.42 Å². The molecule has 0 bridgehead atoms. The van der Waals surface area contributed by atoms with E-state index >= 15 is 0 Å². The van der Waals surface area contributed by atoms with Gasteiger partial charge in [-0.2, -0.15) is 4.98 Å². The summed E-state index contributed by atoms with van der Waals surface area (Å²) < 4.78 is 17.9. The van der Waals surface area contributed by atoms with Gasteiger partial charge in [-0.1, -0.05) is 5.16 Å². The molecule has 2 heterocycles. The Labute approximate surface area is 91.7 Å². The smallest absolute Gasteiger partial charge is 0.259 e. The molecular formula is C10H11FN4O. The summed E-state index contributed by atoms with van der Waals surface area (Å²) in [6.07, 6.45) is 3.28. The van der Waals surface area contributed by atoms with Crippen molar-refractivity contribution in [3.8, 4) is 11.5 Å². The minimum atomic E-state index is -0.424. The SMILES string of the molecule is CNCCc1noc(-c2cncc(F)c2)n1. The van der Waals surface area contributed by atoms with Gasteiger partial charge in [-0.15, -0.1) is 0 Å². The summed E-state index contributed by atoms with van der Waals surface area (Å²) in [6.45, 7) is 0.764. The van der Waals surface area contributed by atoms with E-state index in [2.05, 4.69) is 20.4 Å². The van der Waals surface area contributed by atoms with Gasteiger partial charge in [0, 0.05) is 19.2 Å². The molecule has 1 N–H and O–H groups in total. The molecule has 2 rings (SSSR count). The van der Waals surface area contributed by atoms with Gasteiger partial charge < -0.3 is 9.84 Å². The number of aromatic nitrogens is 3. The zero-order valence-corrected chi connectivity index (χ0v) is 8.77. The molecule has 0 aliphatic heterocycles. The molecule has 84 valence electrons. The minimum Gasteiger partial charge on any atom is -0.334 e. The van der Waals surface area contributed by atoms with Gasteiger partial charge in [0.1, 0.15) is 5.82 Å². The summed E-state index contributed by atoms with van der Waals surface area (Å²) in [7, 11) is 1.84. The minimum absolute atomic E-state index is 0.290. The fourth-order valence-corrected chi connectivity index (χ4v) is 1.24. The van der Waals surface area contributed by atoms with Crippen LogP contribution in [0.3, 0.4) is 0 Å². The van der Waals surface area contributed by atoms with Crippen LogP contribution in [0.15, 0.2) is 23.0 Å². The number of hydrogen-bond donors (Lipinski definition) is 1. The first-order chi connectivity index (χ1) is 7.79. The Hall–Kier alpha value is -1.82. The van der Waals surface area contributed by atoms with Crippen LogP contribution in [0.4, 0.5) is 4.39 Å². The van der Waals surface area contributed by atoms with Crippen molar-refractivity contribution in [2.75, 3.05) is 13.6 Å². The van der Waals surface area contributed by atoms with E-state index in [1.54, 1.807) is 0 Å². The van der Waals surface area contributed by atoms with E-state index in [0.29, 0.717) is 17.8 Å². The molecule has 0 aliphatic rings. The van der Waals surface area contributed by atoms with Crippen LogP contribution < -0.4 is 5.32 Å². The Balaban J connectivity index is 2.18. The molecule has 0 atom stereocenters. The van der Waals surface area contributed by atoms with Crippen molar-refractivity contribution in [3.63, 3.8) is 0 Å². The van der Waals surface area contributed by atoms with Crippen molar-refractivity contribution < 1.29 is 8.91 Å². The van der Waals surface area contributed by atoms with Gasteiger partial charge in [0.05, 0.1) is 11.8 Å². The molecule has 2 aromatic rings. The van der Waals surface area contributed by atoms with Gasteiger partial charge in [0.2, 0.25) is 0 Å². The van der Waals surface area contributed by atoms with Crippen molar-refractivity contribution in [1.82, 2.24) is 20.4 Å². The van der Waals surface area contributed by atoms with Crippen molar-refractivity contribution >= 4 is 0 Å². The second-order valence-electron chi connectivity index (χ2n) is 3.26. The summed E-state index contributed by atoms with van der Waals surface area (Å²) in [4.78, 5) is 7.85. The fraction of sp³-hybridized carbons (Fsp3) is 0.300. The molecular weight excluding hydrogens is 211 g/mol. The third kappa shape index (κ3) is 2.40. The highest BCUT2D eigenvalue weighted by Crippen LogP contribution is 2.16. The molecule has 0 saturated heterocycles. The van der Waals surface area contributed by atoms with Gasteiger partial charge in [-0.25, -0.2) is 4.39 Å². The maximum Gasteiger partial charge on any atom is 0.259 e. The predicted octanol–water partition coefficient (Wildman–Crippen LogP) is 1.03. The lowest BCUT2D eigenvalue weighted by Gasteiger charge is -1.92. The number of nitrogens with one attached hydrogen (secondary N) is 1. The van der Waals surface area contributed by atoms with Crippen LogP contribution in [0.2, 0.25) is 0 Å². The molecule has 5 nitrogen and oxygen atoms in total. The molecule has 16 heavy (non-hydrogen) atoms. The molecule has 0 unspecified atom stereocenters. The van der Waals surface area contributed by atoms with Crippen molar-refractivity contribution in [2.24, 2.45) is 0 Å². The van der Waals surface area contributed by atoms with Crippen LogP contribution in [-0.2, 0) is 6.42 Å². The van der Waals surface area contributed by atoms with Gasteiger partial charge >= 0.3 is 0 Å². The first kappa shape index (κ1) is 10.7. The van der Waals surface area contributed by atoms with Crippen molar-refractivity contribution in [3.05, 3.63) is 30.1 Å². The number of nitrogens with zero attached hydrogens (tertiary/aromatic N) is 3. The monoisotopic (exact) mass is 222 g/mol. The molecule has 0 fully saturated rings. The Morgan fingerprint density at radius 1 is 1.44 bits per heavy atom. The summed E-state index contributed by atoms with van der Waals surface area (Å²) >= 11 is 0. The highest BCUT2D eigenvalue weighted by atomic mass is 19.1. The number of hydrogen-bond acceptors (Lipinski definition) is 5. The average Bonchev–Trinajstić information content (AvgIpc) is 2.75. The van der Waals surface area contributed by atoms with E-state index in [9.17, 15) is 4.39 Å². The molecule has 0 radical (unpaired) electrons. The fourth-order valence-electron chi connectivity index (χ4n) is 1.24. The number of likely N-dealkylation sites (N-methyl/N-ethyl adjacent to an activating group) is 1. The van der Waals surface area contributed by atoms with Crippen LogP contribution in [0.1, 0.15) is 5.82 Å². The van der Waals surface area contributed by atoms with Crippen LogP contribution >= 0.6 is 0 Å². The van der Waals surface area contributed by atoms with E-state index in [4.69, 9.17) is 4.52 Å². The Morgan fingerprint density at radius 2 is 2.31 bits per heavy atom. The Kier molecular flexibility index (Phi) is 3.21. The normalized spacial score (nSPS) is 10.6. The number of rotatable bonds is 4. The van der Waals surface area contributed by atoms with E-state index in [0.717, 1.165) is 12.7 Å². The van der Waals surface area contributed by atoms with Crippen LogP contribution in [0, 0.1) is 5.82 Å². The second-order valence-corrected chi connectivity index (χ2v) is 3.26. The standard InChI is InChI=1S/C10H11FN4O/c1-12-3-2-9-14-10(16-15-9)7-4-8(11)6-13-5-7/h4-6,12H,2-3H2,1H3. The first-order valence-electron chi connectivity index (χ1n) is 4.87. The highest BCUT2D eigenvalue weighted by Gasteiger charge is 2.09. The van der Waals surface area contributed by atoms with Gasteiger partial charge in [0.25, 0.3) is 5.89 Å². The maximum absolute atomic E-state index is 12.9. The molecule has 6 heteroatoms. The molecule has 2 aromatic heterocycles. The second kappa shape index (κ2) is 4.80. The predicted molar refractivity (Wildman–Crippen MR) is 55.1 cm³/mol. The average molecular weight is 222 g/mol. The highest BCUT2D eigenvalue weighted by molar-refractivity contribution is 5.50. The van der Waals surface area contributed by atoms with Crippen LogP contribution in [0.25, 0.3) is 11.5 Å².